The summed E-state index contributed by atoms with van der Waals surface area (Å²) in [5, 5.41) is 0.802. The van der Waals surface area contributed by atoms with E-state index < -0.39 is 0 Å². The van der Waals surface area contributed by atoms with Gasteiger partial charge in [0.1, 0.15) is 0 Å². The van der Waals surface area contributed by atoms with Gasteiger partial charge in [-0.2, -0.15) is 11.8 Å². The van der Waals surface area contributed by atoms with Crippen molar-refractivity contribution in [2.24, 2.45) is 0 Å². The largest absolute Gasteiger partial charge is 0.378 e. The molecule has 0 bridgehead atoms. The third kappa shape index (κ3) is 4.36. The predicted molar refractivity (Wildman–Crippen MR) is 79.6 cm³/mol. The van der Waals surface area contributed by atoms with Crippen molar-refractivity contribution in [3.63, 3.8) is 0 Å². The lowest BCUT2D eigenvalue weighted by atomic mass is 10.2. The van der Waals surface area contributed by atoms with Crippen LogP contribution in [0.5, 0.6) is 0 Å². The van der Waals surface area contributed by atoms with Crippen LogP contribution in [0.1, 0.15) is 26.2 Å². The minimum Gasteiger partial charge on any atom is -0.378 e. The van der Waals surface area contributed by atoms with Crippen LogP contribution >= 0.6 is 11.8 Å². The van der Waals surface area contributed by atoms with E-state index in [1.54, 1.807) is 0 Å². The van der Waals surface area contributed by atoms with Gasteiger partial charge in [0, 0.05) is 24.4 Å². The Morgan fingerprint density at radius 3 is 2.79 bits per heavy atom. The van der Waals surface area contributed by atoms with Gasteiger partial charge >= 0.3 is 0 Å². The van der Waals surface area contributed by atoms with Crippen molar-refractivity contribution in [3.05, 3.63) is 0 Å². The molecular formula is C14H26N2O2S. The summed E-state index contributed by atoms with van der Waals surface area (Å²) in [6.07, 6.45) is 3.79. The van der Waals surface area contributed by atoms with Crippen LogP contribution in [0.25, 0.3) is 0 Å². The Labute approximate surface area is 120 Å². The predicted octanol–water partition coefficient (Wildman–Crippen LogP) is 1.45. The number of carbonyl (C=O) groups excluding carboxylic acids is 1. The topological polar surface area (TPSA) is 32.8 Å². The zero-order chi connectivity index (χ0) is 13.7. The Hall–Kier alpha value is -0.260. The van der Waals surface area contributed by atoms with Crippen LogP contribution in [-0.4, -0.2) is 72.6 Å². The summed E-state index contributed by atoms with van der Waals surface area (Å²) in [4.78, 5) is 16.4. The Kier molecular flexibility index (Phi) is 5.98. The summed E-state index contributed by atoms with van der Waals surface area (Å²) in [5.41, 5.74) is 0. The van der Waals surface area contributed by atoms with Gasteiger partial charge in [0.05, 0.1) is 19.8 Å². The van der Waals surface area contributed by atoms with E-state index in [-0.39, 0.29) is 5.91 Å². The van der Waals surface area contributed by atoms with E-state index in [1.165, 1.54) is 25.0 Å². The highest BCUT2D eigenvalue weighted by Crippen LogP contribution is 2.32. The normalized spacial score (nSPS) is 28.1. The standard InChI is InChI=1S/C14H26N2O2S/c1-3-19-13-5-4-12(10-13)15(2)11-14(17)16-6-8-18-9-7-16/h12-13H,3-11H2,1-2H3. The summed E-state index contributed by atoms with van der Waals surface area (Å²) < 4.78 is 5.29. The molecule has 4 nitrogen and oxygen atoms in total. The molecule has 0 N–H and O–H groups in total. The molecule has 0 aromatic heterocycles. The smallest absolute Gasteiger partial charge is 0.236 e. The zero-order valence-corrected chi connectivity index (χ0v) is 13.0. The fraction of sp³-hybridized carbons (Fsp3) is 0.929. The maximum absolute atomic E-state index is 12.2. The van der Waals surface area contributed by atoms with E-state index in [0.29, 0.717) is 25.8 Å². The lowest BCUT2D eigenvalue weighted by molar-refractivity contribution is -0.136. The number of hydrogen-bond donors (Lipinski definition) is 0. The molecule has 110 valence electrons. The molecule has 0 spiro atoms. The summed E-state index contributed by atoms with van der Waals surface area (Å²) in [7, 11) is 2.10. The maximum Gasteiger partial charge on any atom is 0.236 e. The molecular weight excluding hydrogens is 260 g/mol. The lowest BCUT2D eigenvalue weighted by Crippen LogP contribution is -2.46. The van der Waals surface area contributed by atoms with E-state index in [1.807, 2.05) is 4.90 Å². The number of carbonyl (C=O) groups is 1. The number of morpholine rings is 1. The van der Waals surface area contributed by atoms with Crippen LogP contribution < -0.4 is 0 Å². The lowest BCUT2D eigenvalue weighted by Gasteiger charge is -2.30. The molecule has 1 saturated carbocycles. The quantitative estimate of drug-likeness (QED) is 0.766. The van der Waals surface area contributed by atoms with Crippen molar-refractivity contribution in [1.29, 1.82) is 0 Å². The van der Waals surface area contributed by atoms with E-state index in [0.717, 1.165) is 18.3 Å². The summed E-state index contributed by atoms with van der Waals surface area (Å²) in [5.74, 6) is 1.46. The molecule has 0 aromatic carbocycles. The van der Waals surface area contributed by atoms with Crippen LogP contribution in [0.4, 0.5) is 0 Å². The molecule has 0 radical (unpaired) electrons. The first kappa shape index (κ1) is 15.1. The molecule has 1 aliphatic carbocycles. The van der Waals surface area contributed by atoms with Crippen LogP contribution in [0, 0.1) is 0 Å². The number of nitrogens with zero attached hydrogens (tertiary/aromatic N) is 2. The maximum atomic E-state index is 12.2. The molecule has 2 rings (SSSR count). The van der Waals surface area contributed by atoms with E-state index in [2.05, 4.69) is 30.6 Å². The van der Waals surface area contributed by atoms with Crippen molar-refractivity contribution in [1.82, 2.24) is 9.80 Å². The number of likely N-dealkylation sites (N-methyl/N-ethyl adjacent to an activating group) is 1. The van der Waals surface area contributed by atoms with Crippen molar-refractivity contribution in [2.75, 3.05) is 45.6 Å². The molecule has 1 saturated heterocycles. The van der Waals surface area contributed by atoms with Crippen LogP contribution in [0.15, 0.2) is 0 Å². The van der Waals surface area contributed by atoms with Gasteiger partial charge in [0.2, 0.25) is 5.91 Å². The van der Waals surface area contributed by atoms with Crippen LogP contribution in [0.2, 0.25) is 0 Å². The summed E-state index contributed by atoms with van der Waals surface area (Å²) in [6.45, 7) is 5.68. The first-order chi connectivity index (χ1) is 9.20. The summed E-state index contributed by atoms with van der Waals surface area (Å²) >= 11 is 2.07. The van der Waals surface area contributed by atoms with Gasteiger partial charge in [-0.3, -0.25) is 9.69 Å². The number of hydrogen-bond acceptors (Lipinski definition) is 4. The minimum atomic E-state index is 0.261. The van der Waals surface area contributed by atoms with Crippen molar-refractivity contribution in [3.8, 4) is 0 Å². The molecule has 1 amide bonds. The summed E-state index contributed by atoms with van der Waals surface area (Å²) in [6, 6.07) is 0.592. The Balaban J connectivity index is 1.74. The van der Waals surface area contributed by atoms with Crippen LogP contribution in [0.3, 0.4) is 0 Å². The first-order valence-electron chi connectivity index (χ1n) is 7.38. The zero-order valence-electron chi connectivity index (χ0n) is 12.1. The van der Waals surface area contributed by atoms with Gasteiger partial charge < -0.3 is 9.64 Å². The van der Waals surface area contributed by atoms with E-state index >= 15 is 0 Å². The first-order valence-corrected chi connectivity index (χ1v) is 8.43. The Morgan fingerprint density at radius 1 is 1.37 bits per heavy atom. The highest BCUT2D eigenvalue weighted by Gasteiger charge is 2.29. The monoisotopic (exact) mass is 286 g/mol. The number of amides is 1. The van der Waals surface area contributed by atoms with Gasteiger partial charge in [-0.25, -0.2) is 0 Å². The second kappa shape index (κ2) is 7.50. The van der Waals surface area contributed by atoms with Gasteiger partial charge in [-0.1, -0.05) is 6.92 Å². The van der Waals surface area contributed by atoms with Gasteiger partial charge in [-0.05, 0) is 32.1 Å². The second-order valence-corrected chi connectivity index (χ2v) is 7.03. The highest BCUT2D eigenvalue weighted by atomic mass is 32.2. The average Bonchev–Trinajstić information content (AvgIpc) is 2.89. The Morgan fingerprint density at radius 2 is 2.11 bits per heavy atom. The third-order valence-corrected chi connectivity index (χ3v) is 5.36. The van der Waals surface area contributed by atoms with Crippen LogP contribution in [-0.2, 0) is 9.53 Å². The molecule has 5 heteroatoms. The number of rotatable bonds is 5. The molecule has 1 aliphatic heterocycles. The Bertz CT molecular complexity index is 295. The van der Waals surface area contributed by atoms with Gasteiger partial charge in [0.25, 0.3) is 0 Å². The fourth-order valence-electron chi connectivity index (χ4n) is 2.96. The van der Waals surface area contributed by atoms with Crippen molar-refractivity contribution < 1.29 is 9.53 Å². The molecule has 2 unspecified atom stereocenters. The van der Waals surface area contributed by atoms with Crippen molar-refractivity contribution in [2.45, 2.75) is 37.5 Å². The SMILES string of the molecule is CCSC1CCC(N(C)CC(=O)N2CCOCC2)C1. The van der Waals surface area contributed by atoms with Gasteiger partial charge in [0.15, 0.2) is 0 Å². The average molecular weight is 286 g/mol. The second-order valence-electron chi connectivity index (χ2n) is 5.45. The minimum absolute atomic E-state index is 0.261. The van der Waals surface area contributed by atoms with Gasteiger partial charge in [-0.15, -0.1) is 0 Å². The fourth-order valence-corrected chi connectivity index (χ4v) is 4.09. The molecule has 0 aromatic rings. The highest BCUT2D eigenvalue weighted by molar-refractivity contribution is 7.99. The molecule has 2 atom stereocenters. The molecule has 1 heterocycles. The number of ether oxygens (including phenoxy) is 1. The number of thioether (sulfide) groups is 1. The van der Waals surface area contributed by atoms with Crippen molar-refractivity contribution >= 4 is 17.7 Å². The van der Waals surface area contributed by atoms with E-state index in [4.69, 9.17) is 4.74 Å². The van der Waals surface area contributed by atoms with E-state index in [9.17, 15) is 4.79 Å². The molecule has 2 aliphatic rings. The third-order valence-electron chi connectivity index (χ3n) is 4.13. The molecule has 19 heavy (non-hydrogen) atoms. The molecule has 2 fully saturated rings.